The molecule has 19 heavy (non-hydrogen) atoms. The molecule has 0 aromatic carbocycles. The lowest BCUT2D eigenvalue weighted by atomic mass is 9.71. The highest BCUT2D eigenvalue weighted by Gasteiger charge is 2.40. The van der Waals surface area contributed by atoms with Gasteiger partial charge >= 0.3 is 11.9 Å². The van der Waals surface area contributed by atoms with Crippen molar-refractivity contribution in [3.8, 4) is 0 Å². The molecular formula is C15H26O4. The van der Waals surface area contributed by atoms with E-state index >= 15 is 0 Å². The molecule has 0 aliphatic heterocycles. The summed E-state index contributed by atoms with van der Waals surface area (Å²) in [5, 5.41) is 0. The summed E-state index contributed by atoms with van der Waals surface area (Å²) in [7, 11) is 0. The summed E-state index contributed by atoms with van der Waals surface area (Å²) in [5.41, 5.74) is 0. The fourth-order valence-electron chi connectivity index (χ4n) is 3.23. The molecule has 0 saturated heterocycles. The number of hydrogen-bond acceptors (Lipinski definition) is 4. The van der Waals surface area contributed by atoms with Crippen molar-refractivity contribution in [1.82, 2.24) is 0 Å². The highest BCUT2D eigenvalue weighted by atomic mass is 16.6. The van der Waals surface area contributed by atoms with E-state index in [1.807, 2.05) is 0 Å². The largest absolute Gasteiger partial charge is 0.465 e. The maximum atomic E-state index is 12.0. The molecule has 110 valence electrons. The van der Waals surface area contributed by atoms with Gasteiger partial charge in [-0.2, -0.15) is 0 Å². The highest BCUT2D eigenvalue weighted by molar-refractivity contribution is 5.95. The van der Waals surface area contributed by atoms with E-state index in [-0.39, 0.29) is 5.92 Å². The lowest BCUT2D eigenvalue weighted by Gasteiger charge is -2.34. The molecule has 0 aromatic rings. The number of ether oxygens (including phenoxy) is 2. The molecule has 0 aromatic heterocycles. The molecule has 1 rings (SSSR count). The Hall–Kier alpha value is -1.06. The summed E-state index contributed by atoms with van der Waals surface area (Å²) in [6, 6.07) is 0. The quantitative estimate of drug-likeness (QED) is 0.569. The van der Waals surface area contributed by atoms with Crippen molar-refractivity contribution in [3.05, 3.63) is 0 Å². The molecule has 0 N–H and O–H groups in total. The lowest BCUT2D eigenvalue weighted by molar-refractivity contribution is -0.165. The molecule has 1 fully saturated rings. The summed E-state index contributed by atoms with van der Waals surface area (Å²) in [6.07, 6.45) is 2.95. The van der Waals surface area contributed by atoms with Gasteiger partial charge < -0.3 is 9.47 Å². The van der Waals surface area contributed by atoms with Gasteiger partial charge in [0.1, 0.15) is 0 Å². The van der Waals surface area contributed by atoms with E-state index in [1.165, 1.54) is 0 Å². The van der Waals surface area contributed by atoms with Gasteiger partial charge in [-0.1, -0.05) is 13.8 Å². The lowest BCUT2D eigenvalue weighted by Crippen LogP contribution is -2.38. The second kappa shape index (κ2) is 7.51. The minimum absolute atomic E-state index is 0.0526. The van der Waals surface area contributed by atoms with Gasteiger partial charge in [-0.15, -0.1) is 0 Å². The topological polar surface area (TPSA) is 52.6 Å². The summed E-state index contributed by atoms with van der Waals surface area (Å²) in [4.78, 5) is 24.1. The van der Waals surface area contributed by atoms with Crippen LogP contribution in [-0.4, -0.2) is 25.2 Å². The Kier molecular flexibility index (Phi) is 6.32. The van der Waals surface area contributed by atoms with Gasteiger partial charge in [-0.05, 0) is 50.9 Å². The molecule has 0 bridgehead atoms. The first kappa shape index (κ1) is 16.0. The predicted octanol–water partition coefficient (Wildman–Crippen LogP) is 2.80. The molecule has 1 saturated carbocycles. The number of rotatable bonds is 5. The van der Waals surface area contributed by atoms with Gasteiger partial charge in [0.2, 0.25) is 0 Å². The van der Waals surface area contributed by atoms with Crippen LogP contribution in [0.25, 0.3) is 0 Å². The van der Waals surface area contributed by atoms with E-state index in [1.54, 1.807) is 13.8 Å². The molecule has 2 unspecified atom stereocenters. The monoisotopic (exact) mass is 270 g/mol. The van der Waals surface area contributed by atoms with Crippen LogP contribution in [-0.2, 0) is 19.1 Å². The van der Waals surface area contributed by atoms with Crippen molar-refractivity contribution in [2.75, 3.05) is 13.2 Å². The molecule has 1 aliphatic rings. The average molecular weight is 270 g/mol. The molecule has 1 aliphatic carbocycles. The third-order valence-electron chi connectivity index (χ3n) is 3.77. The Morgan fingerprint density at radius 1 is 0.947 bits per heavy atom. The van der Waals surface area contributed by atoms with Crippen LogP contribution in [0, 0.1) is 23.7 Å². The first-order valence-corrected chi connectivity index (χ1v) is 7.32. The van der Waals surface area contributed by atoms with Crippen molar-refractivity contribution in [1.29, 1.82) is 0 Å². The van der Waals surface area contributed by atoms with Crippen LogP contribution < -0.4 is 0 Å². The molecular weight excluding hydrogens is 244 g/mol. The van der Waals surface area contributed by atoms with Crippen LogP contribution in [0.3, 0.4) is 0 Å². The van der Waals surface area contributed by atoms with Crippen LogP contribution in [0.4, 0.5) is 0 Å². The minimum Gasteiger partial charge on any atom is -0.465 e. The van der Waals surface area contributed by atoms with Crippen molar-refractivity contribution < 1.29 is 19.1 Å². The zero-order chi connectivity index (χ0) is 14.4. The smallest absolute Gasteiger partial charge is 0.320 e. The molecule has 0 radical (unpaired) electrons. The molecule has 0 amide bonds. The van der Waals surface area contributed by atoms with E-state index in [0.29, 0.717) is 25.0 Å². The molecule has 0 heterocycles. The number of hydrogen-bond donors (Lipinski definition) is 0. The zero-order valence-corrected chi connectivity index (χ0v) is 12.5. The van der Waals surface area contributed by atoms with E-state index in [4.69, 9.17) is 9.47 Å². The van der Waals surface area contributed by atoms with E-state index in [9.17, 15) is 9.59 Å². The van der Waals surface area contributed by atoms with Crippen LogP contribution in [0.1, 0.15) is 47.0 Å². The fraction of sp³-hybridized carbons (Fsp3) is 0.867. The van der Waals surface area contributed by atoms with Gasteiger partial charge in [0.05, 0.1) is 13.2 Å². The van der Waals surface area contributed by atoms with Crippen molar-refractivity contribution in [3.63, 3.8) is 0 Å². The highest BCUT2D eigenvalue weighted by Crippen LogP contribution is 2.37. The SMILES string of the molecule is CCOC(=O)C(C(=O)OCC)C1CC(C)CC(C)C1. The van der Waals surface area contributed by atoms with Gasteiger partial charge in [-0.25, -0.2) is 0 Å². The van der Waals surface area contributed by atoms with E-state index in [0.717, 1.165) is 19.3 Å². The summed E-state index contributed by atoms with van der Waals surface area (Å²) in [6.45, 7) is 8.46. The van der Waals surface area contributed by atoms with Gasteiger partial charge in [0.25, 0.3) is 0 Å². The predicted molar refractivity (Wildman–Crippen MR) is 72.4 cm³/mol. The Bertz CT molecular complexity index is 285. The van der Waals surface area contributed by atoms with Crippen LogP contribution >= 0.6 is 0 Å². The van der Waals surface area contributed by atoms with Gasteiger partial charge in [-0.3, -0.25) is 9.59 Å². The molecule has 0 spiro atoms. The number of carbonyl (C=O) groups is 2. The Morgan fingerprint density at radius 2 is 1.37 bits per heavy atom. The summed E-state index contributed by atoms with van der Waals surface area (Å²) in [5.74, 6) is -0.457. The van der Waals surface area contributed by atoms with Crippen LogP contribution in [0.5, 0.6) is 0 Å². The van der Waals surface area contributed by atoms with E-state index in [2.05, 4.69) is 13.8 Å². The Morgan fingerprint density at radius 3 is 1.74 bits per heavy atom. The number of esters is 2. The van der Waals surface area contributed by atoms with E-state index < -0.39 is 17.9 Å². The normalized spacial score (nSPS) is 27.1. The molecule has 4 nitrogen and oxygen atoms in total. The Labute approximate surface area is 115 Å². The second-order valence-corrected chi connectivity index (χ2v) is 5.66. The first-order valence-electron chi connectivity index (χ1n) is 7.32. The van der Waals surface area contributed by atoms with Crippen LogP contribution in [0.15, 0.2) is 0 Å². The minimum atomic E-state index is -0.745. The third kappa shape index (κ3) is 4.51. The van der Waals surface area contributed by atoms with Crippen molar-refractivity contribution >= 4 is 11.9 Å². The maximum Gasteiger partial charge on any atom is 0.320 e. The first-order chi connectivity index (χ1) is 8.99. The summed E-state index contributed by atoms with van der Waals surface area (Å²) < 4.78 is 10.1. The van der Waals surface area contributed by atoms with Crippen molar-refractivity contribution in [2.45, 2.75) is 47.0 Å². The summed E-state index contributed by atoms with van der Waals surface area (Å²) >= 11 is 0. The zero-order valence-electron chi connectivity index (χ0n) is 12.5. The molecule has 2 atom stereocenters. The fourth-order valence-corrected chi connectivity index (χ4v) is 3.23. The third-order valence-corrected chi connectivity index (χ3v) is 3.77. The standard InChI is InChI=1S/C15H26O4/c1-5-18-14(16)13(15(17)19-6-2)12-8-10(3)7-11(4)9-12/h10-13H,5-9H2,1-4H3. The van der Waals surface area contributed by atoms with Gasteiger partial charge in [0, 0.05) is 0 Å². The Balaban J connectivity index is 2.82. The van der Waals surface area contributed by atoms with Crippen LogP contribution in [0.2, 0.25) is 0 Å². The second-order valence-electron chi connectivity index (χ2n) is 5.66. The molecule has 4 heteroatoms. The van der Waals surface area contributed by atoms with Gasteiger partial charge in [0.15, 0.2) is 5.92 Å². The van der Waals surface area contributed by atoms with Crippen molar-refractivity contribution in [2.24, 2.45) is 23.7 Å². The average Bonchev–Trinajstić information content (AvgIpc) is 2.28. The number of carbonyl (C=O) groups excluding carboxylic acids is 2. The maximum absolute atomic E-state index is 12.0.